The molecular formula is C22H21N5O3. The quantitative estimate of drug-likeness (QED) is 0.526. The molecule has 3 heterocycles. The van der Waals surface area contributed by atoms with Gasteiger partial charge in [-0.05, 0) is 36.6 Å². The molecule has 0 atom stereocenters. The highest BCUT2D eigenvalue weighted by Crippen LogP contribution is 2.25. The molecule has 1 aromatic carbocycles. The van der Waals surface area contributed by atoms with E-state index in [2.05, 4.69) is 20.4 Å². The third-order valence-corrected chi connectivity index (χ3v) is 4.66. The number of carbonyl (C=O) groups is 1. The van der Waals surface area contributed by atoms with E-state index in [-0.39, 0.29) is 23.3 Å². The van der Waals surface area contributed by atoms with Crippen molar-refractivity contribution in [3.63, 3.8) is 0 Å². The van der Waals surface area contributed by atoms with E-state index in [0.717, 1.165) is 5.56 Å². The lowest BCUT2D eigenvalue weighted by Gasteiger charge is -2.11. The summed E-state index contributed by atoms with van der Waals surface area (Å²) in [6, 6.07) is 13.9. The smallest absolute Gasteiger partial charge is 0.257 e. The molecular weight excluding hydrogens is 382 g/mol. The molecule has 8 nitrogen and oxygen atoms in total. The van der Waals surface area contributed by atoms with Crippen LogP contribution in [0.25, 0.3) is 17.4 Å². The Kier molecular flexibility index (Phi) is 5.05. The predicted octanol–water partition coefficient (Wildman–Crippen LogP) is 3.90. The summed E-state index contributed by atoms with van der Waals surface area (Å²) in [4.78, 5) is 32.3. The Morgan fingerprint density at radius 1 is 1.17 bits per heavy atom. The number of rotatable bonds is 5. The van der Waals surface area contributed by atoms with E-state index in [1.165, 1.54) is 10.7 Å². The van der Waals surface area contributed by atoms with Gasteiger partial charge in [-0.2, -0.15) is 9.78 Å². The first-order valence-corrected chi connectivity index (χ1v) is 9.55. The number of anilines is 1. The van der Waals surface area contributed by atoms with Crippen LogP contribution in [-0.2, 0) is 0 Å². The number of benzene rings is 1. The van der Waals surface area contributed by atoms with Gasteiger partial charge in [0.15, 0.2) is 5.76 Å². The molecule has 0 aliphatic carbocycles. The van der Waals surface area contributed by atoms with E-state index in [4.69, 9.17) is 4.42 Å². The lowest BCUT2D eigenvalue weighted by atomic mass is 10.1. The Balaban J connectivity index is 1.81. The van der Waals surface area contributed by atoms with Crippen LogP contribution in [0.4, 0.5) is 5.82 Å². The number of nitrogens with one attached hydrogen (secondary N) is 2. The Bertz CT molecular complexity index is 1250. The molecule has 0 aliphatic rings. The van der Waals surface area contributed by atoms with Gasteiger partial charge < -0.3 is 9.73 Å². The number of aromatic nitrogens is 4. The third-order valence-electron chi connectivity index (χ3n) is 4.66. The van der Waals surface area contributed by atoms with Gasteiger partial charge in [0.2, 0.25) is 5.95 Å². The van der Waals surface area contributed by atoms with Crippen molar-refractivity contribution in [3.8, 4) is 17.4 Å². The highest BCUT2D eigenvalue weighted by atomic mass is 16.3. The first-order valence-electron chi connectivity index (χ1n) is 9.55. The van der Waals surface area contributed by atoms with Crippen LogP contribution in [0.2, 0.25) is 0 Å². The largest absolute Gasteiger partial charge is 0.463 e. The van der Waals surface area contributed by atoms with E-state index in [1.807, 2.05) is 32.9 Å². The van der Waals surface area contributed by atoms with Crippen molar-refractivity contribution in [1.29, 1.82) is 0 Å². The maximum atomic E-state index is 12.9. The summed E-state index contributed by atoms with van der Waals surface area (Å²) in [5.41, 5.74) is 2.22. The van der Waals surface area contributed by atoms with E-state index < -0.39 is 0 Å². The van der Waals surface area contributed by atoms with Gasteiger partial charge in [-0.3, -0.25) is 14.6 Å². The zero-order valence-corrected chi connectivity index (χ0v) is 16.8. The molecule has 0 aliphatic heterocycles. The van der Waals surface area contributed by atoms with Gasteiger partial charge in [0.05, 0.1) is 12.0 Å². The van der Waals surface area contributed by atoms with Gasteiger partial charge in [-0.1, -0.05) is 32.0 Å². The van der Waals surface area contributed by atoms with Crippen molar-refractivity contribution >= 4 is 11.7 Å². The minimum absolute atomic E-state index is 0.0520. The lowest BCUT2D eigenvalue weighted by Crippen LogP contribution is -2.20. The molecule has 4 aromatic rings. The first-order chi connectivity index (χ1) is 14.4. The molecule has 30 heavy (non-hydrogen) atoms. The van der Waals surface area contributed by atoms with Crippen LogP contribution in [0, 0.1) is 6.92 Å². The van der Waals surface area contributed by atoms with Crippen molar-refractivity contribution in [1.82, 2.24) is 19.7 Å². The van der Waals surface area contributed by atoms with Gasteiger partial charge in [0.25, 0.3) is 11.5 Å². The summed E-state index contributed by atoms with van der Waals surface area (Å²) in [6.07, 6.45) is 1.54. The van der Waals surface area contributed by atoms with E-state index in [0.29, 0.717) is 28.5 Å². The lowest BCUT2D eigenvalue weighted by molar-refractivity contribution is 0.102. The Morgan fingerprint density at radius 3 is 2.67 bits per heavy atom. The van der Waals surface area contributed by atoms with Gasteiger partial charge >= 0.3 is 0 Å². The van der Waals surface area contributed by atoms with E-state index in [1.54, 1.807) is 36.6 Å². The summed E-state index contributed by atoms with van der Waals surface area (Å²) < 4.78 is 6.84. The zero-order valence-electron chi connectivity index (χ0n) is 16.8. The molecule has 152 valence electrons. The van der Waals surface area contributed by atoms with Crippen LogP contribution < -0.4 is 10.9 Å². The number of carbonyl (C=O) groups excluding carboxylic acids is 1. The minimum Gasteiger partial charge on any atom is -0.463 e. The van der Waals surface area contributed by atoms with Crippen molar-refractivity contribution < 1.29 is 9.21 Å². The maximum absolute atomic E-state index is 12.9. The number of hydrogen-bond acceptors (Lipinski definition) is 5. The van der Waals surface area contributed by atoms with E-state index in [9.17, 15) is 9.59 Å². The summed E-state index contributed by atoms with van der Waals surface area (Å²) >= 11 is 0. The number of aryl methyl sites for hydroxylation is 1. The molecule has 0 unspecified atom stereocenters. The standard InChI is InChI=1S/C22H21N5O3/c1-13(2)16-12-20(28)25-22(23-16)27-19(11-17(26-27)18-9-6-10-30-18)24-21(29)15-8-5-4-7-14(15)3/h4-13H,1-3H3,(H,24,29)(H,23,25,28). The summed E-state index contributed by atoms with van der Waals surface area (Å²) in [5, 5.41) is 7.38. The minimum atomic E-state index is -0.296. The van der Waals surface area contributed by atoms with Crippen LogP contribution in [0.3, 0.4) is 0 Å². The summed E-state index contributed by atoms with van der Waals surface area (Å²) in [7, 11) is 0. The van der Waals surface area contributed by atoms with Crippen LogP contribution in [0.1, 0.15) is 41.4 Å². The Morgan fingerprint density at radius 2 is 1.97 bits per heavy atom. The van der Waals surface area contributed by atoms with Crippen LogP contribution in [0.5, 0.6) is 0 Å². The van der Waals surface area contributed by atoms with Crippen molar-refractivity contribution in [2.24, 2.45) is 0 Å². The number of furan rings is 1. The molecule has 1 amide bonds. The second-order valence-corrected chi connectivity index (χ2v) is 7.22. The molecule has 8 heteroatoms. The molecule has 4 rings (SSSR count). The third kappa shape index (κ3) is 3.80. The second-order valence-electron chi connectivity index (χ2n) is 7.22. The van der Waals surface area contributed by atoms with E-state index >= 15 is 0 Å². The van der Waals surface area contributed by atoms with Crippen molar-refractivity contribution in [2.75, 3.05) is 5.32 Å². The summed E-state index contributed by atoms with van der Waals surface area (Å²) in [5.74, 6) is 0.865. The monoisotopic (exact) mass is 403 g/mol. The molecule has 0 spiro atoms. The first kappa shape index (κ1) is 19.4. The number of amides is 1. The molecule has 2 N–H and O–H groups in total. The molecule has 0 bridgehead atoms. The number of hydrogen-bond donors (Lipinski definition) is 2. The Hall–Kier alpha value is -3.94. The number of H-pyrrole nitrogens is 1. The predicted molar refractivity (Wildman–Crippen MR) is 113 cm³/mol. The fourth-order valence-electron chi connectivity index (χ4n) is 3.05. The van der Waals surface area contributed by atoms with Crippen molar-refractivity contribution in [3.05, 3.63) is 82.0 Å². The highest BCUT2D eigenvalue weighted by Gasteiger charge is 2.19. The number of aromatic amines is 1. The molecule has 0 saturated heterocycles. The Labute approximate surface area is 172 Å². The van der Waals surface area contributed by atoms with Gasteiger partial charge in [-0.15, -0.1) is 0 Å². The zero-order chi connectivity index (χ0) is 21.3. The van der Waals surface area contributed by atoms with Gasteiger partial charge in [-0.25, -0.2) is 4.98 Å². The topological polar surface area (TPSA) is 106 Å². The molecule has 0 radical (unpaired) electrons. The van der Waals surface area contributed by atoms with Crippen LogP contribution in [0.15, 0.2) is 64.0 Å². The van der Waals surface area contributed by atoms with Crippen molar-refractivity contribution in [2.45, 2.75) is 26.7 Å². The summed E-state index contributed by atoms with van der Waals surface area (Å²) in [6.45, 7) is 5.76. The van der Waals surface area contributed by atoms with Crippen LogP contribution in [-0.4, -0.2) is 25.7 Å². The van der Waals surface area contributed by atoms with Gasteiger partial charge in [0.1, 0.15) is 11.5 Å². The fourth-order valence-corrected chi connectivity index (χ4v) is 3.05. The average Bonchev–Trinajstić information content (AvgIpc) is 3.37. The molecule has 0 saturated carbocycles. The average molecular weight is 403 g/mol. The normalized spacial score (nSPS) is 11.1. The second kappa shape index (κ2) is 7.82. The maximum Gasteiger partial charge on any atom is 0.257 e. The van der Waals surface area contributed by atoms with Crippen LogP contribution >= 0.6 is 0 Å². The highest BCUT2D eigenvalue weighted by molar-refractivity contribution is 6.05. The van der Waals surface area contributed by atoms with Gasteiger partial charge in [0, 0.05) is 17.7 Å². The molecule has 3 aromatic heterocycles. The molecule has 0 fully saturated rings. The SMILES string of the molecule is Cc1ccccc1C(=O)Nc1cc(-c2ccco2)nn1-c1nc(C(C)C)cc(=O)[nH]1. The number of nitrogens with zero attached hydrogens (tertiary/aromatic N) is 3. The fraction of sp³-hybridized carbons (Fsp3) is 0.182.